The minimum atomic E-state index is -0.0570. The highest BCUT2D eigenvalue weighted by Crippen LogP contribution is 2.24. The molecule has 0 spiro atoms. The van der Waals surface area contributed by atoms with Crippen molar-refractivity contribution in [2.45, 2.75) is 39.0 Å². The summed E-state index contributed by atoms with van der Waals surface area (Å²) in [6.45, 7) is 2.28. The second kappa shape index (κ2) is 6.50. The molecule has 0 aliphatic heterocycles. The lowest BCUT2D eigenvalue weighted by molar-refractivity contribution is 0.190. The molecule has 1 aromatic rings. The van der Waals surface area contributed by atoms with Gasteiger partial charge in [-0.1, -0.05) is 31.4 Å². The first-order valence-corrected chi connectivity index (χ1v) is 7.14. The van der Waals surface area contributed by atoms with E-state index in [0.29, 0.717) is 23.4 Å². The molecular formula is C16H23NO2. The van der Waals surface area contributed by atoms with Crippen LogP contribution in [0, 0.1) is 5.92 Å². The molecule has 0 bridgehead atoms. The SMILES string of the molecule is CCO/C(O)=c1/cc/c(=C\C2CCCCC2)c(N)c1. The molecule has 3 nitrogen and oxygen atoms in total. The van der Waals surface area contributed by atoms with Gasteiger partial charge < -0.3 is 15.6 Å². The quantitative estimate of drug-likeness (QED) is 0.821. The molecule has 3 N–H and O–H groups in total. The van der Waals surface area contributed by atoms with Gasteiger partial charge in [-0.15, -0.1) is 0 Å². The molecule has 0 radical (unpaired) electrons. The zero-order valence-corrected chi connectivity index (χ0v) is 11.6. The first-order chi connectivity index (χ1) is 9.20. The fourth-order valence-electron chi connectivity index (χ4n) is 2.63. The number of anilines is 1. The van der Waals surface area contributed by atoms with Crippen molar-refractivity contribution in [3.05, 3.63) is 28.6 Å². The molecule has 1 fully saturated rings. The Bertz CT molecular complexity index is 530. The molecule has 0 saturated heterocycles. The number of rotatable bonds is 3. The van der Waals surface area contributed by atoms with E-state index >= 15 is 0 Å². The number of hydrogen-bond donors (Lipinski definition) is 2. The van der Waals surface area contributed by atoms with Crippen molar-refractivity contribution in [1.82, 2.24) is 0 Å². The number of ether oxygens (including phenoxy) is 1. The topological polar surface area (TPSA) is 55.5 Å². The molecule has 3 heteroatoms. The standard InChI is InChI=1S/C16H23NO2/c1-2-19-16(18)14-9-8-13(15(17)11-14)10-12-6-4-3-5-7-12/h8-12,18H,2-7,17H2,1H3/b13-10+,16-14-. The monoisotopic (exact) mass is 261 g/mol. The second-order valence-corrected chi connectivity index (χ2v) is 5.15. The Morgan fingerprint density at radius 2 is 2.11 bits per heavy atom. The fourth-order valence-corrected chi connectivity index (χ4v) is 2.63. The van der Waals surface area contributed by atoms with E-state index in [1.165, 1.54) is 32.1 Å². The van der Waals surface area contributed by atoms with Crippen molar-refractivity contribution >= 4 is 17.7 Å². The van der Waals surface area contributed by atoms with Crippen LogP contribution in [0.4, 0.5) is 5.69 Å². The number of benzene rings is 1. The van der Waals surface area contributed by atoms with Gasteiger partial charge in [0.15, 0.2) is 0 Å². The van der Waals surface area contributed by atoms with Gasteiger partial charge in [-0.2, -0.15) is 0 Å². The maximum atomic E-state index is 9.69. The number of nitrogens with two attached hydrogens (primary N) is 1. The number of aliphatic hydroxyl groups excluding tert-OH is 1. The Morgan fingerprint density at radius 3 is 2.74 bits per heavy atom. The van der Waals surface area contributed by atoms with E-state index in [-0.39, 0.29) is 5.95 Å². The smallest absolute Gasteiger partial charge is 0.284 e. The molecule has 0 aromatic heterocycles. The van der Waals surface area contributed by atoms with E-state index < -0.39 is 0 Å². The van der Waals surface area contributed by atoms with Gasteiger partial charge in [-0.3, -0.25) is 0 Å². The summed E-state index contributed by atoms with van der Waals surface area (Å²) in [5.74, 6) is 0.588. The fraction of sp³-hybridized carbons (Fsp3) is 0.500. The van der Waals surface area contributed by atoms with Crippen LogP contribution < -0.4 is 16.2 Å². The van der Waals surface area contributed by atoms with E-state index in [1.54, 1.807) is 6.07 Å². The predicted octanol–water partition coefficient (Wildman–Crippen LogP) is 2.29. The van der Waals surface area contributed by atoms with Crippen LogP contribution in [0.1, 0.15) is 39.0 Å². The number of aliphatic hydroxyl groups is 1. The third kappa shape index (κ3) is 3.66. The van der Waals surface area contributed by atoms with Crippen LogP contribution in [0.3, 0.4) is 0 Å². The highest BCUT2D eigenvalue weighted by molar-refractivity contribution is 5.48. The van der Waals surface area contributed by atoms with Crippen LogP contribution in [0.2, 0.25) is 0 Å². The molecule has 1 aliphatic rings. The van der Waals surface area contributed by atoms with Gasteiger partial charge in [0.2, 0.25) is 0 Å². The first-order valence-electron chi connectivity index (χ1n) is 7.14. The molecule has 1 saturated carbocycles. The normalized spacial score (nSPS) is 19.3. The van der Waals surface area contributed by atoms with Gasteiger partial charge in [0.1, 0.15) is 0 Å². The molecule has 1 aromatic carbocycles. The summed E-state index contributed by atoms with van der Waals surface area (Å²) in [7, 11) is 0. The molecule has 19 heavy (non-hydrogen) atoms. The predicted molar refractivity (Wildman–Crippen MR) is 78.8 cm³/mol. The molecule has 0 heterocycles. The van der Waals surface area contributed by atoms with Gasteiger partial charge in [-0.05, 0) is 43.0 Å². The maximum Gasteiger partial charge on any atom is 0.284 e. The van der Waals surface area contributed by atoms with Gasteiger partial charge >= 0.3 is 0 Å². The summed E-state index contributed by atoms with van der Waals surface area (Å²) < 4.78 is 5.08. The zero-order chi connectivity index (χ0) is 13.7. The lowest BCUT2D eigenvalue weighted by Crippen LogP contribution is -2.18. The maximum absolute atomic E-state index is 9.69. The largest absolute Gasteiger partial charge is 0.481 e. The summed E-state index contributed by atoms with van der Waals surface area (Å²) in [6.07, 6.45) is 8.79. The van der Waals surface area contributed by atoms with E-state index in [0.717, 1.165) is 5.22 Å². The summed E-state index contributed by atoms with van der Waals surface area (Å²) in [5.41, 5.74) is 6.76. The van der Waals surface area contributed by atoms with Crippen molar-refractivity contribution in [2.75, 3.05) is 12.3 Å². The van der Waals surface area contributed by atoms with E-state index in [1.807, 2.05) is 19.1 Å². The zero-order valence-electron chi connectivity index (χ0n) is 11.6. The number of hydrogen-bond acceptors (Lipinski definition) is 3. The lowest BCUT2D eigenvalue weighted by Gasteiger charge is -2.17. The number of nitrogen functional groups attached to an aromatic ring is 1. The second-order valence-electron chi connectivity index (χ2n) is 5.15. The van der Waals surface area contributed by atoms with Gasteiger partial charge in [0, 0.05) is 5.69 Å². The first kappa shape index (κ1) is 13.8. The van der Waals surface area contributed by atoms with Crippen molar-refractivity contribution in [3.63, 3.8) is 0 Å². The van der Waals surface area contributed by atoms with E-state index in [2.05, 4.69) is 6.08 Å². The van der Waals surface area contributed by atoms with Crippen LogP contribution in [0.5, 0.6) is 0 Å². The van der Waals surface area contributed by atoms with E-state index in [4.69, 9.17) is 10.5 Å². The average Bonchev–Trinajstić information content (AvgIpc) is 2.42. The Kier molecular flexibility index (Phi) is 4.72. The Morgan fingerprint density at radius 1 is 1.37 bits per heavy atom. The van der Waals surface area contributed by atoms with E-state index in [9.17, 15) is 5.11 Å². The minimum absolute atomic E-state index is 0.0570. The van der Waals surface area contributed by atoms with Crippen molar-refractivity contribution in [1.29, 1.82) is 0 Å². The summed E-state index contributed by atoms with van der Waals surface area (Å²) in [6, 6.07) is 5.60. The minimum Gasteiger partial charge on any atom is -0.481 e. The van der Waals surface area contributed by atoms with Crippen LogP contribution >= 0.6 is 0 Å². The van der Waals surface area contributed by atoms with Crippen LogP contribution in [0.25, 0.3) is 12.0 Å². The lowest BCUT2D eigenvalue weighted by atomic mass is 9.88. The summed E-state index contributed by atoms with van der Waals surface area (Å²) >= 11 is 0. The van der Waals surface area contributed by atoms with Gasteiger partial charge in [0.25, 0.3) is 5.95 Å². The molecule has 0 atom stereocenters. The molecule has 104 valence electrons. The molecular weight excluding hydrogens is 238 g/mol. The molecule has 2 rings (SSSR count). The van der Waals surface area contributed by atoms with Crippen LogP contribution in [-0.2, 0) is 4.74 Å². The van der Waals surface area contributed by atoms with Gasteiger partial charge in [0.05, 0.1) is 11.8 Å². The summed E-state index contributed by atoms with van der Waals surface area (Å²) in [5, 5.41) is 11.4. The van der Waals surface area contributed by atoms with Crippen molar-refractivity contribution in [3.8, 4) is 0 Å². The summed E-state index contributed by atoms with van der Waals surface area (Å²) in [4.78, 5) is 0. The van der Waals surface area contributed by atoms with Crippen molar-refractivity contribution < 1.29 is 9.84 Å². The highest BCUT2D eigenvalue weighted by Gasteiger charge is 2.10. The molecule has 0 unspecified atom stereocenters. The van der Waals surface area contributed by atoms with Crippen LogP contribution in [-0.4, -0.2) is 11.7 Å². The molecule has 0 amide bonds. The van der Waals surface area contributed by atoms with Gasteiger partial charge in [-0.25, -0.2) is 0 Å². The Hall–Kier alpha value is -1.64. The average molecular weight is 261 g/mol. The third-order valence-corrected chi connectivity index (χ3v) is 3.68. The molecule has 1 aliphatic carbocycles. The van der Waals surface area contributed by atoms with Crippen LogP contribution in [0.15, 0.2) is 18.2 Å². The van der Waals surface area contributed by atoms with Crippen molar-refractivity contribution in [2.24, 2.45) is 5.92 Å². The third-order valence-electron chi connectivity index (χ3n) is 3.68. The Balaban J connectivity index is 2.28. The highest BCUT2D eigenvalue weighted by atomic mass is 16.6. The Labute approximate surface area is 114 Å².